The Kier molecular flexibility index (Phi) is 17.4. The lowest BCUT2D eigenvalue weighted by atomic mass is 9.85. The van der Waals surface area contributed by atoms with Crippen LogP contribution in [0.3, 0.4) is 0 Å². The molecule has 2 N–H and O–H groups in total. The van der Waals surface area contributed by atoms with Gasteiger partial charge in [0.05, 0.1) is 65.6 Å². The van der Waals surface area contributed by atoms with Crippen LogP contribution >= 0.6 is 0 Å². The summed E-state index contributed by atoms with van der Waals surface area (Å²) in [4.78, 5) is 54.0. The highest BCUT2D eigenvalue weighted by atomic mass is 16.6. The summed E-state index contributed by atoms with van der Waals surface area (Å²) in [5, 5.41) is 12.7. The first-order valence-electron chi connectivity index (χ1n) is 16.8. The topological polar surface area (TPSA) is 162 Å². The number of carbonyl (C=O) groups is 4. The van der Waals surface area contributed by atoms with Crippen molar-refractivity contribution in [2.45, 2.75) is 91.3 Å². The lowest BCUT2D eigenvalue weighted by molar-refractivity contribution is -0.151. The maximum atomic E-state index is 13.8. The molecule has 1 aromatic carbocycles. The number of nitrogens with zero attached hydrogens (tertiary/aromatic N) is 2. The van der Waals surface area contributed by atoms with E-state index >= 15 is 0 Å². The smallest absolute Gasteiger partial charge is 0.410 e. The largest absolute Gasteiger partial charge is 0.480 e. The summed E-state index contributed by atoms with van der Waals surface area (Å²) in [5.41, 5.74) is -0.397. The summed E-state index contributed by atoms with van der Waals surface area (Å²) in [6.45, 7) is 15.7. The highest BCUT2D eigenvalue weighted by molar-refractivity contribution is 5.93. The molecule has 0 aliphatic carbocycles. The second-order valence-corrected chi connectivity index (χ2v) is 14.0. The van der Waals surface area contributed by atoms with Crippen LogP contribution in [0.25, 0.3) is 0 Å². The number of ether oxygens (including phenoxy) is 6. The van der Waals surface area contributed by atoms with Crippen molar-refractivity contribution in [3.63, 3.8) is 0 Å². The van der Waals surface area contributed by atoms with Crippen molar-refractivity contribution < 1.29 is 52.7 Å². The Labute approximate surface area is 290 Å². The van der Waals surface area contributed by atoms with Crippen molar-refractivity contribution in [2.24, 2.45) is 5.41 Å². The summed E-state index contributed by atoms with van der Waals surface area (Å²) < 4.78 is 33.4. The summed E-state index contributed by atoms with van der Waals surface area (Å²) in [5.74, 6) is -2.27. The van der Waals surface area contributed by atoms with E-state index in [2.05, 4.69) is 5.32 Å². The van der Waals surface area contributed by atoms with E-state index in [0.717, 1.165) is 10.5 Å². The summed E-state index contributed by atoms with van der Waals surface area (Å²) in [6, 6.07) is 6.80. The summed E-state index contributed by atoms with van der Waals surface area (Å²) in [6.07, 6.45) is -1.10. The monoisotopic (exact) mass is 695 g/mol. The average Bonchev–Trinajstić information content (AvgIpc) is 3.46. The number of likely N-dealkylation sites (N-methyl/N-ethyl adjacent to an activating group) is 1. The molecule has 14 heteroatoms. The molecule has 1 heterocycles. The zero-order valence-electron chi connectivity index (χ0n) is 30.4. The standard InChI is InChI=1S/C35H57N3O11/c1-25(37(8)33(43)49-35(5,6)7)30(39)36-29(34(2,3)4)31(40)38-23-27(22-28(38)32(41)42)48-21-20-46-17-16-44-14-15-45-18-19-47-24-26-12-10-9-11-13-26/h9-13,25,27-29H,14-24H2,1-8H3,(H,36,39)(H,41,42)/t25-,27-,28-,29+/m0/s1. The average molecular weight is 696 g/mol. The molecule has 1 aliphatic heterocycles. The van der Waals surface area contributed by atoms with Gasteiger partial charge < -0.3 is 43.7 Å². The van der Waals surface area contributed by atoms with E-state index in [4.69, 9.17) is 28.4 Å². The first kappa shape index (κ1) is 41.9. The minimum Gasteiger partial charge on any atom is -0.480 e. The highest BCUT2D eigenvalue weighted by Crippen LogP contribution is 2.27. The van der Waals surface area contributed by atoms with Gasteiger partial charge in [-0.1, -0.05) is 51.1 Å². The van der Waals surface area contributed by atoms with Crippen molar-refractivity contribution in [1.82, 2.24) is 15.1 Å². The number of hydrogen-bond acceptors (Lipinski definition) is 10. The number of nitrogens with one attached hydrogen (secondary N) is 1. The number of carboxylic acids is 1. The van der Waals surface area contributed by atoms with Gasteiger partial charge in [-0.2, -0.15) is 0 Å². The zero-order valence-corrected chi connectivity index (χ0v) is 30.4. The molecule has 0 aromatic heterocycles. The molecule has 1 aliphatic rings. The van der Waals surface area contributed by atoms with Gasteiger partial charge >= 0.3 is 12.1 Å². The maximum Gasteiger partial charge on any atom is 0.410 e. The fourth-order valence-electron chi connectivity index (χ4n) is 4.84. The molecule has 0 radical (unpaired) electrons. The van der Waals surface area contributed by atoms with E-state index in [-0.39, 0.29) is 26.2 Å². The Balaban J connectivity index is 1.72. The van der Waals surface area contributed by atoms with Crippen LogP contribution in [-0.2, 0) is 49.4 Å². The summed E-state index contributed by atoms with van der Waals surface area (Å²) >= 11 is 0. The molecule has 2 rings (SSSR count). The van der Waals surface area contributed by atoms with Crippen LogP contribution in [0.2, 0.25) is 0 Å². The van der Waals surface area contributed by atoms with Crippen molar-refractivity contribution >= 4 is 23.9 Å². The number of aliphatic carboxylic acids is 1. The van der Waals surface area contributed by atoms with Gasteiger partial charge in [-0.3, -0.25) is 14.5 Å². The molecule has 1 fully saturated rings. The van der Waals surface area contributed by atoms with Crippen LogP contribution in [-0.4, -0.2) is 135 Å². The third-order valence-electron chi connectivity index (χ3n) is 7.68. The number of rotatable bonds is 20. The Bertz CT molecular complexity index is 1170. The molecular weight excluding hydrogens is 638 g/mol. The number of carbonyl (C=O) groups excluding carboxylic acids is 3. The van der Waals surface area contributed by atoms with Gasteiger partial charge in [-0.25, -0.2) is 9.59 Å². The molecule has 4 atom stereocenters. The van der Waals surface area contributed by atoms with Crippen molar-refractivity contribution in [1.29, 1.82) is 0 Å². The molecule has 0 saturated carbocycles. The van der Waals surface area contributed by atoms with Crippen molar-refractivity contribution in [3.05, 3.63) is 35.9 Å². The first-order valence-corrected chi connectivity index (χ1v) is 16.8. The van der Waals surface area contributed by atoms with Crippen LogP contribution in [0.5, 0.6) is 0 Å². The predicted molar refractivity (Wildman–Crippen MR) is 181 cm³/mol. The summed E-state index contributed by atoms with van der Waals surface area (Å²) in [7, 11) is 1.44. The van der Waals surface area contributed by atoms with E-state index in [0.29, 0.717) is 46.2 Å². The molecule has 0 bridgehead atoms. The van der Waals surface area contributed by atoms with Gasteiger partial charge in [0, 0.05) is 20.0 Å². The minimum absolute atomic E-state index is 0.0476. The van der Waals surface area contributed by atoms with Crippen molar-refractivity contribution in [2.75, 3.05) is 66.4 Å². The SMILES string of the molecule is C[C@@H](C(=O)N[C@H](C(=O)N1C[C@@H](OCCOCCOCCOCCOCc2ccccc2)C[C@H]1C(=O)O)C(C)(C)C)N(C)C(=O)OC(C)(C)C. The molecule has 0 unspecified atom stereocenters. The van der Waals surface area contributed by atoms with Gasteiger partial charge in [0.15, 0.2) is 0 Å². The zero-order chi connectivity index (χ0) is 36.6. The Hall–Kier alpha value is -3.30. The molecule has 49 heavy (non-hydrogen) atoms. The molecule has 1 aromatic rings. The fraction of sp³-hybridized carbons (Fsp3) is 0.714. The normalized spacial score (nSPS) is 17.8. The highest BCUT2D eigenvalue weighted by Gasteiger charge is 2.45. The van der Waals surface area contributed by atoms with E-state index in [1.165, 1.54) is 18.9 Å². The molecule has 3 amide bonds. The number of hydrogen-bond donors (Lipinski definition) is 2. The van der Waals surface area contributed by atoms with E-state index in [1.54, 1.807) is 41.5 Å². The lowest BCUT2D eigenvalue weighted by Crippen LogP contribution is -2.59. The maximum absolute atomic E-state index is 13.8. The third kappa shape index (κ3) is 15.4. The van der Waals surface area contributed by atoms with Gasteiger partial charge in [0.1, 0.15) is 23.7 Å². The van der Waals surface area contributed by atoms with Gasteiger partial charge in [-0.15, -0.1) is 0 Å². The van der Waals surface area contributed by atoms with Crippen LogP contribution in [0.1, 0.15) is 60.5 Å². The number of likely N-dealkylation sites (tertiary alicyclic amines) is 1. The number of amides is 3. The predicted octanol–water partition coefficient (Wildman–Crippen LogP) is 3.11. The van der Waals surface area contributed by atoms with Crippen LogP contribution in [0.4, 0.5) is 4.79 Å². The Morgan fingerprint density at radius 3 is 1.92 bits per heavy atom. The minimum atomic E-state index is -1.16. The number of carboxylic acid groups (broad SMARTS) is 1. The van der Waals surface area contributed by atoms with Gasteiger partial charge in [0.25, 0.3) is 0 Å². The third-order valence-corrected chi connectivity index (χ3v) is 7.68. The fourth-order valence-corrected chi connectivity index (χ4v) is 4.84. The molecule has 278 valence electrons. The quantitative estimate of drug-likeness (QED) is 0.193. The Morgan fingerprint density at radius 2 is 1.41 bits per heavy atom. The second-order valence-electron chi connectivity index (χ2n) is 14.0. The van der Waals surface area contributed by atoms with Gasteiger partial charge in [0.2, 0.25) is 11.8 Å². The van der Waals surface area contributed by atoms with E-state index < -0.39 is 59.1 Å². The van der Waals surface area contributed by atoms with Crippen molar-refractivity contribution in [3.8, 4) is 0 Å². The van der Waals surface area contributed by atoms with E-state index in [9.17, 15) is 24.3 Å². The van der Waals surface area contributed by atoms with Gasteiger partial charge in [-0.05, 0) is 38.7 Å². The van der Waals surface area contributed by atoms with Crippen LogP contribution in [0, 0.1) is 5.41 Å². The molecule has 0 spiro atoms. The van der Waals surface area contributed by atoms with E-state index in [1.807, 2.05) is 30.3 Å². The molecule has 14 nitrogen and oxygen atoms in total. The Morgan fingerprint density at radius 1 is 0.878 bits per heavy atom. The van der Waals surface area contributed by atoms with Crippen LogP contribution in [0.15, 0.2) is 30.3 Å². The molecular formula is C35H57N3O11. The molecule has 1 saturated heterocycles. The first-order chi connectivity index (χ1) is 23.0. The lowest BCUT2D eigenvalue weighted by Gasteiger charge is -2.36. The second kappa shape index (κ2) is 20.4. The number of benzene rings is 1. The van der Waals surface area contributed by atoms with Crippen LogP contribution < -0.4 is 5.32 Å².